The van der Waals surface area contributed by atoms with Crippen LogP contribution < -0.4 is 0 Å². The number of esters is 1. The van der Waals surface area contributed by atoms with E-state index in [1.807, 2.05) is 37.3 Å². The zero-order chi connectivity index (χ0) is 16.1. The van der Waals surface area contributed by atoms with Gasteiger partial charge < -0.3 is 13.7 Å². The highest BCUT2D eigenvalue weighted by atomic mass is 32.2. The summed E-state index contributed by atoms with van der Waals surface area (Å²) in [5.41, 5.74) is 0.543. The van der Waals surface area contributed by atoms with E-state index in [2.05, 4.69) is 5.16 Å². The van der Waals surface area contributed by atoms with E-state index in [0.29, 0.717) is 17.2 Å². The van der Waals surface area contributed by atoms with E-state index in [4.69, 9.17) is 13.7 Å². The number of nitrogens with zero attached hydrogens (tertiary/aromatic N) is 1. The van der Waals surface area contributed by atoms with E-state index in [1.165, 1.54) is 11.8 Å². The van der Waals surface area contributed by atoms with Crippen LogP contribution >= 0.6 is 11.8 Å². The molecule has 118 valence electrons. The molecule has 3 rings (SSSR count). The summed E-state index contributed by atoms with van der Waals surface area (Å²) in [4.78, 5) is 13.1. The SMILES string of the molecule is C[C@@H](Sc1ccccc1)C(=O)OCc1cc(-c2ccco2)on1. The molecule has 0 fully saturated rings. The van der Waals surface area contributed by atoms with Gasteiger partial charge in [-0.3, -0.25) is 4.79 Å². The number of carbonyl (C=O) groups excluding carboxylic acids is 1. The van der Waals surface area contributed by atoms with Crippen molar-refractivity contribution in [2.24, 2.45) is 0 Å². The van der Waals surface area contributed by atoms with Crippen LogP contribution in [0.4, 0.5) is 0 Å². The first-order valence-corrected chi connectivity index (χ1v) is 7.98. The molecule has 0 aliphatic rings. The lowest BCUT2D eigenvalue weighted by Gasteiger charge is -2.10. The van der Waals surface area contributed by atoms with Crippen molar-refractivity contribution in [2.75, 3.05) is 0 Å². The third-order valence-corrected chi connectivity index (χ3v) is 4.16. The number of hydrogen-bond acceptors (Lipinski definition) is 6. The van der Waals surface area contributed by atoms with Crippen molar-refractivity contribution in [3.05, 3.63) is 60.5 Å². The Bertz CT molecular complexity index is 752. The number of benzene rings is 1. The van der Waals surface area contributed by atoms with Gasteiger partial charge in [0, 0.05) is 11.0 Å². The molecule has 1 atom stereocenters. The molecule has 0 bridgehead atoms. The minimum Gasteiger partial charge on any atom is -0.461 e. The second kappa shape index (κ2) is 7.19. The minimum absolute atomic E-state index is 0.0722. The predicted octanol–water partition coefficient (Wildman–Crippen LogP) is 4.16. The Morgan fingerprint density at radius 3 is 2.78 bits per heavy atom. The van der Waals surface area contributed by atoms with Crippen LogP contribution in [0.1, 0.15) is 12.6 Å². The van der Waals surface area contributed by atoms with Gasteiger partial charge in [0.25, 0.3) is 0 Å². The Balaban J connectivity index is 1.52. The number of hydrogen-bond donors (Lipinski definition) is 0. The van der Waals surface area contributed by atoms with Crippen LogP contribution in [0.5, 0.6) is 0 Å². The monoisotopic (exact) mass is 329 g/mol. The van der Waals surface area contributed by atoms with Crippen LogP contribution in [-0.2, 0) is 16.1 Å². The number of furan rings is 1. The highest BCUT2D eigenvalue weighted by molar-refractivity contribution is 8.00. The molecule has 0 radical (unpaired) electrons. The van der Waals surface area contributed by atoms with Crippen molar-refractivity contribution >= 4 is 17.7 Å². The minimum atomic E-state index is -0.297. The standard InChI is InChI=1S/C17H15NO4S/c1-12(23-14-6-3-2-4-7-14)17(19)21-11-13-10-16(22-18-13)15-8-5-9-20-15/h2-10,12H,11H2,1H3/t12-/m1/s1. The average Bonchev–Trinajstić information content (AvgIpc) is 3.24. The van der Waals surface area contributed by atoms with E-state index in [1.54, 1.807) is 24.5 Å². The summed E-state index contributed by atoms with van der Waals surface area (Å²) >= 11 is 1.46. The van der Waals surface area contributed by atoms with Gasteiger partial charge >= 0.3 is 5.97 Å². The van der Waals surface area contributed by atoms with E-state index in [-0.39, 0.29) is 17.8 Å². The Kier molecular flexibility index (Phi) is 4.83. The highest BCUT2D eigenvalue weighted by Crippen LogP contribution is 2.24. The Hall–Kier alpha value is -2.47. The molecule has 0 spiro atoms. The quantitative estimate of drug-likeness (QED) is 0.500. The van der Waals surface area contributed by atoms with Gasteiger partial charge in [-0.1, -0.05) is 23.4 Å². The first kappa shape index (κ1) is 15.4. The van der Waals surface area contributed by atoms with Crippen LogP contribution in [-0.4, -0.2) is 16.4 Å². The summed E-state index contributed by atoms with van der Waals surface area (Å²) in [7, 11) is 0. The van der Waals surface area contributed by atoms with E-state index in [9.17, 15) is 4.79 Å². The fourth-order valence-corrected chi connectivity index (χ4v) is 2.82. The Labute approximate surface area is 137 Å². The molecule has 2 heterocycles. The summed E-state index contributed by atoms with van der Waals surface area (Å²) in [6.07, 6.45) is 1.56. The molecule has 1 aromatic carbocycles. The molecular formula is C17H15NO4S. The van der Waals surface area contributed by atoms with Crippen molar-refractivity contribution in [1.82, 2.24) is 5.16 Å². The second-order valence-corrected chi connectivity index (χ2v) is 6.25. The van der Waals surface area contributed by atoms with Crippen molar-refractivity contribution in [1.29, 1.82) is 0 Å². The van der Waals surface area contributed by atoms with Crippen LogP contribution in [0, 0.1) is 0 Å². The number of carbonyl (C=O) groups is 1. The fourth-order valence-electron chi connectivity index (χ4n) is 1.93. The Morgan fingerprint density at radius 1 is 1.22 bits per heavy atom. The molecule has 2 aromatic heterocycles. The normalized spacial score (nSPS) is 12.0. The molecular weight excluding hydrogens is 314 g/mol. The van der Waals surface area contributed by atoms with Gasteiger partial charge in [0.05, 0.1) is 6.26 Å². The third-order valence-electron chi connectivity index (χ3n) is 3.07. The van der Waals surface area contributed by atoms with E-state index >= 15 is 0 Å². The third kappa shape index (κ3) is 4.04. The molecule has 23 heavy (non-hydrogen) atoms. The second-order valence-electron chi connectivity index (χ2n) is 4.84. The lowest BCUT2D eigenvalue weighted by atomic mass is 10.3. The van der Waals surface area contributed by atoms with Gasteiger partial charge in [-0.15, -0.1) is 11.8 Å². The summed E-state index contributed by atoms with van der Waals surface area (Å²) in [5, 5.41) is 3.57. The number of aromatic nitrogens is 1. The van der Waals surface area contributed by atoms with E-state index < -0.39 is 0 Å². The molecule has 0 aliphatic heterocycles. The van der Waals surface area contributed by atoms with Crippen molar-refractivity contribution in [3.63, 3.8) is 0 Å². The zero-order valence-electron chi connectivity index (χ0n) is 12.5. The van der Waals surface area contributed by atoms with Crippen LogP contribution in [0.3, 0.4) is 0 Å². The van der Waals surface area contributed by atoms with Gasteiger partial charge in [-0.25, -0.2) is 0 Å². The topological polar surface area (TPSA) is 65.5 Å². The van der Waals surface area contributed by atoms with Crippen molar-refractivity contribution in [2.45, 2.75) is 23.7 Å². The highest BCUT2D eigenvalue weighted by Gasteiger charge is 2.17. The summed E-state index contributed by atoms with van der Waals surface area (Å²) in [6, 6.07) is 15.0. The van der Waals surface area contributed by atoms with Gasteiger partial charge in [0.15, 0.2) is 5.76 Å². The van der Waals surface area contributed by atoms with Gasteiger partial charge in [0.1, 0.15) is 17.6 Å². The summed E-state index contributed by atoms with van der Waals surface area (Å²) in [5.74, 6) is 0.803. The Morgan fingerprint density at radius 2 is 2.04 bits per heavy atom. The molecule has 0 unspecified atom stereocenters. The van der Waals surface area contributed by atoms with Gasteiger partial charge in [-0.2, -0.15) is 0 Å². The number of thioether (sulfide) groups is 1. The summed E-state index contributed by atoms with van der Waals surface area (Å²) in [6.45, 7) is 1.89. The maximum absolute atomic E-state index is 12.0. The number of ether oxygens (including phenoxy) is 1. The van der Waals surface area contributed by atoms with Crippen molar-refractivity contribution in [3.8, 4) is 11.5 Å². The summed E-state index contributed by atoms with van der Waals surface area (Å²) < 4.78 is 15.7. The molecule has 5 nitrogen and oxygen atoms in total. The van der Waals surface area contributed by atoms with Gasteiger partial charge in [0.2, 0.25) is 5.76 Å². The van der Waals surface area contributed by atoms with Crippen LogP contribution in [0.25, 0.3) is 11.5 Å². The first-order valence-electron chi connectivity index (χ1n) is 7.10. The molecule has 0 saturated carbocycles. The molecule has 3 aromatic rings. The lowest BCUT2D eigenvalue weighted by Crippen LogP contribution is -2.16. The molecule has 0 aliphatic carbocycles. The average molecular weight is 329 g/mol. The maximum atomic E-state index is 12.0. The smallest absolute Gasteiger partial charge is 0.319 e. The molecule has 6 heteroatoms. The van der Waals surface area contributed by atoms with E-state index in [0.717, 1.165) is 4.90 Å². The molecule has 0 N–H and O–H groups in total. The first-order chi connectivity index (χ1) is 11.2. The maximum Gasteiger partial charge on any atom is 0.319 e. The predicted molar refractivity (Wildman–Crippen MR) is 85.8 cm³/mol. The van der Waals surface area contributed by atoms with Gasteiger partial charge in [-0.05, 0) is 31.2 Å². The zero-order valence-corrected chi connectivity index (χ0v) is 13.3. The van der Waals surface area contributed by atoms with Crippen LogP contribution in [0.2, 0.25) is 0 Å². The number of rotatable bonds is 6. The molecule has 0 amide bonds. The lowest BCUT2D eigenvalue weighted by molar-refractivity contribution is -0.144. The molecule has 0 saturated heterocycles. The fraction of sp³-hybridized carbons (Fsp3) is 0.176. The van der Waals surface area contributed by atoms with Crippen LogP contribution in [0.15, 0.2) is 68.6 Å². The van der Waals surface area contributed by atoms with Crippen molar-refractivity contribution < 1.29 is 18.5 Å². The largest absolute Gasteiger partial charge is 0.461 e.